The van der Waals surface area contributed by atoms with Crippen molar-refractivity contribution < 1.29 is 29.3 Å². The van der Waals surface area contributed by atoms with Gasteiger partial charge in [-0.15, -0.1) is 0 Å². The second-order valence-electron chi connectivity index (χ2n) is 9.80. The minimum Gasteiger partial charge on any atom is -0.480 e. The summed E-state index contributed by atoms with van der Waals surface area (Å²) in [5, 5.41) is 22.0. The molecule has 0 radical (unpaired) electrons. The molecule has 35 heavy (non-hydrogen) atoms. The summed E-state index contributed by atoms with van der Waals surface area (Å²) < 4.78 is 5.60. The van der Waals surface area contributed by atoms with Crippen LogP contribution in [0.3, 0.4) is 0 Å². The molecule has 8 heteroatoms. The van der Waals surface area contributed by atoms with E-state index >= 15 is 0 Å². The third kappa shape index (κ3) is 4.89. The van der Waals surface area contributed by atoms with Crippen LogP contribution in [0.5, 0.6) is 0 Å². The summed E-state index contributed by atoms with van der Waals surface area (Å²) in [4.78, 5) is 38.1. The summed E-state index contributed by atoms with van der Waals surface area (Å²) in [5.74, 6) is -1.18. The maximum absolute atomic E-state index is 12.8. The van der Waals surface area contributed by atoms with Crippen molar-refractivity contribution in [3.05, 3.63) is 59.7 Å². The molecule has 1 heterocycles. The van der Waals surface area contributed by atoms with E-state index in [9.17, 15) is 24.6 Å². The molecular formula is C27H30N2O6. The van der Waals surface area contributed by atoms with Crippen LogP contribution in [0.2, 0.25) is 0 Å². The molecule has 8 nitrogen and oxygen atoms in total. The van der Waals surface area contributed by atoms with Crippen LogP contribution in [-0.2, 0) is 14.3 Å². The van der Waals surface area contributed by atoms with Gasteiger partial charge in [-0.1, -0.05) is 48.5 Å². The highest BCUT2D eigenvalue weighted by Crippen LogP contribution is 2.44. The third-order valence-corrected chi connectivity index (χ3v) is 7.46. The van der Waals surface area contributed by atoms with Crippen molar-refractivity contribution in [2.45, 2.75) is 43.7 Å². The molecule has 2 aliphatic carbocycles. The molecule has 1 saturated carbocycles. The monoisotopic (exact) mass is 478 g/mol. The van der Waals surface area contributed by atoms with E-state index in [-0.39, 0.29) is 43.7 Å². The van der Waals surface area contributed by atoms with E-state index in [2.05, 4.69) is 29.6 Å². The lowest BCUT2D eigenvalue weighted by molar-refractivity contribution is -0.148. The smallest absolute Gasteiger partial charge is 0.407 e. The number of amides is 2. The average Bonchev–Trinajstić information content (AvgIpc) is 3.55. The maximum atomic E-state index is 12.8. The van der Waals surface area contributed by atoms with E-state index in [4.69, 9.17) is 4.74 Å². The number of carboxylic acid groups (broad SMARTS) is 1. The number of benzene rings is 2. The molecule has 0 spiro atoms. The molecule has 1 aliphatic heterocycles. The van der Waals surface area contributed by atoms with Gasteiger partial charge < -0.3 is 25.2 Å². The van der Waals surface area contributed by atoms with Crippen LogP contribution >= 0.6 is 0 Å². The van der Waals surface area contributed by atoms with Crippen LogP contribution in [0.25, 0.3) is 11.1 Å². The fourth-order valence-corrected chi connectivity index (χ4v) is 5.50. The Hall–Kier alpha value is -3.39. The third-order valence-electron chi connectivity index (χ3n) is 7.46. The number of ether oxygens (including phenoxy) is 1. The molecule has 2 aromatic carbocycles. The molecule has 2 amide bonds. The van der Waals surface area contributed by atoms with Gasteiger partial charge in [0, 0.05) is 31.8 Å². The van der Waals surface area contributed by atoms with Crippen molar-refractivity contribution in [1.82, 2.24) is 10.2 Å². The first-order valence-electron chi connectivity index (χ1n) is 12.2. The van der Waals surface area contributed by atoms with E-state index < -0.39 is 24.2 Å². The summed E-state index contributed by atoms with van der Waals surface area (Å²) in [7, 11) is 0. The molecule has 3 unspecified atom stereocenters. The Bertz CT molecular complexity index is 1080. The molecule has 184 valence electrons. The lowest BCUT2D eigenvalue weighted by atomic mass is 9.98. The average molecular weight is 479 g/mol. The van der Waals surface area contributed by atoms with Gasteiger partial charge in [-0.05, 0) is 46.9 Å². The first-order chi connectivity index (χ1) is 16.9. The Morgan fingerprint density at radius 1 is 1.03 bits per heavy atom. The van der Waals surface area contributed by atoms with Crippen LogP contribution in [0.4, 0.5) is 4.79 Å². The number of carboxylic acids is 1. The molecule has 1 saturated heterocycles. The highest BCUT2D eigenvalue weighted by atomic mass is 16.5. The number of alkyl carbamates (subject to hydrolysis) is 1. The molecule has 2 aromatic rings. The summed E-state index contributed by atoms with van der Waals surface area (Å²) in [6.45, 7) is 0.549. The number of aliphatic hydroxyl groups excluding tert-OH is 1. The van der Waals surface area contributed by atoms with Gasteiger partial charge in [-0.2, -0.15) is 0 Å². The number of likely N-dealkylation sites (tertiary alicyclic amines) is 1. The number of carbonyl (C=O) groups excluding carboxylic acids is 2. The first kappa shape index (κ1) is 23.4. The van der Waals surface area contributed by atoms with Gasteiger partial charge in [-0.25, -0.2) is 9.59 Å². The fraction of sp³-hybridized carbons (Fsp3) is 0.444. The predicted octanol–water partition coefficient (Wildman–Crippen LogP) is 2.99. The van der Waals surface area contributed by atoms with Crippen molar-refractivity contribution in [3.63, 3.8) is 0 Å². The Morgan fingerprint density at radius 2 is 1.66 bits per heavy atom. The lowest BCUT2D eigenvalue weighted by Gasteiger charge is -2.24. The van der Waals surface area contributed by atoms with Crippen molar-refractivity contribution in [2.24, 2.45) is 11.8 Å². The quantitative estimate of drug-likeness (QED) is 0.537. The number of rotatable bonds is 8. The van der Waals surface area contributed by atoms with Gasteiger partial charge in [0.2, 0.25) is 5.91 Å². The topological polar surface area (TPSA) is 116 Å². The molecule has 2 fully saturated rings. The molecular weight excluding hydrogens is 448 g/mol. The standard InChI is InChI=1S/C27H30N2O6/c30-18-12-24(26(32)33)29(14-18)25(31)11-17(16-9-10-16)13-28-27(34)35-15-23-21-7-3-1-5-19(21)20-6-2-4-8-22(20)23/h1-8,16-18,23-24,30H,9-15H2,(H,28,34)(H,32,33). The molecule has 5 rings (SSSR count). The van der Waals surface area contributed by atoms with Crippen LogP contribution in [0.15, 0.2) is 48.5 Å². The summed E-state index contributed by atoms with van der Waals surface area (Å²) >= 11 is 0. The van der Waals surface area contributed by atoms with Crippen molar-refractivity contribution in [2.75, 3.05) is 19.7 Å². The number of β-amino-alcohol motifs (C(OH)–C–C–N with tert-alkyl or cyclic N) is 1. The zero-order valence-electron chi connectivity index (χ0n) is 19.4. The summed E-state index contributed by atoms with van der Waals surface area (Å²) in [6, 6.07) is 15.3. The van der Waals surface area contributed by atoms with E-state index in [1.807, 2.05) is 24.3 Å². The highest BCUT2D eigenvalue weighted by Gasteiger charge is 2.41. The van der Waals surface area contributed by atoms with Crippen molar-refractivity contribution >= 4 is 18.0 Å². The molecule has 3 aliphatic rings. The molecule has 0 aromatic heterocycles. The first-order valence-corrected chi connectivity index (χ1v) is 12.2. The molecule has 3 N–H and O–H groups in total. The number of aliphatic hydroxyl groups is 1. The normalized spacial score (nSPS) is 21.8. The van der Waals surface area contributed by atoms with Gasteiger partial charge in [0.05, 0.1) is 6.10 Å². The van der Waals surface area contributed by atoms with Crippen LogP contribution in [0, 0.1) is 11.8 Å². The fourth-order valence-electron chi connectivity index (χ4n) is 5.50. The van der Waals surface area contributed by atoms with Gasteiger partial charge in [-0.3, -0.25) is 4.79 Å². The van der Waals surface area contributed by atoms with Crippen LogP contribution in [0.1, 0.15) is 42.7 Å². The van der Waals surface area contributed by atoms with Crippen molar-refractivity contribution in [3.8, 4) is 11.1 Å². The van der Waals surface area contributed by atoms with Gasteiger partial charge in [0.1, 0.15) is 12.6 Å². The van der Waals surface area contributed by atoms with Crippen molar-refractivity contribution in [1.29, 1.82) is 0 Å². The zero-order chi connectivity index (χ0) is 24.5. The maximum Gasteiger partial charge on any atom is 0.407 e. The van der Waals surface area contributed by atoms with Crippen LogP contribution < -0.4 is 5.32 Å². The van der Waals surface area contributed by atoms with E-state index in [1.165, 1.54) is 4.90 Å². The van der Waals surface area contributed by atoms with E-state index in [1.54, 1.807) is 0 Å². The van der Waals surface area contributed by atoms with E-state index in [0.717, 1.165) is 35.1 Å². The van der Waals surface area contributed by atoms with Crippen LogP contribution in [-0.4, -0.2) is 64.9 Å². The summed E-state index contributed by atoms with van der Waals surface area (Å²) in [5.41, 5.74) is 4.61. The van der Waals surface area contributed by atoms with Gasteiger partial charge in [0.25, 0.3) is 0 Å². The number of nitrogens with zero attached hydrogens (tertiary/aromatic N) is 1. The predicted molar refractivity (Wildman–Crippen MR) is 128 cm³/mol. The Kier molecular flexibility index (Phi) is 6.47. The lowest BCUT2D eigenvalue weighted by Crippen LogP contribution is -2.42. The number of nitrogens with one attached hydrogen (secondary N) is 1. The molecule has 0 bridgehead atoms. The number of hydrogen-bond donors (Lipinski definition) is 3. The highest BCUT2D eigenvalue weighted by molar-refractivity contribution is 5.84. The van der Waals surface area contributed by atoms with Gasteiger partial charge in [0.15, 0.2) is 0 Å². The Balaban J connectivity index is 1.16. The minimum absolute atomic E-state index is 0.0245. The Morgan fingerprint density at radius 3 is 2.26 bits per heavy atom. The van der Waals surface area contributed by atoms with Gasteiger partial charge >= 0.3 is 12.1 Å². The number of aliphatic carboxylic acids is 1. The SMILES string of the molecule is O=C(NCC(CC(=O)N1CC(O)CC1C(=O)O)C1CC1)OCC1c2ccccc2-c2ccccc21. The summed E-state index contributed by atoms with van der Waals surface area (Å²) in [6.07, 6.45) is 0.811. The number of fused-ring (bicyclic) bond motifs is 3. The van der Waals surface area contributed by atoms with E-state index in [0.29, 0.717) is 12.5 Å². The molecule has 3 atom stereocenters. The largest absolute Gasteiger partial charge is 0.480 e. The second-order valence-corrected chi connectivity index (χ2v) is 9.80. The number of carbonyl (C=O) groups is 3. The number of hydrogen-bond acceptors (Lipinski definition) is 5. The minimum atomic E-state index is -1.10. The Labute approximate surface area is 203 Å². The zero-order valence-corrected chi connectivity index (χ0v) is 19.4. The second kappa shape index (κ2) is 9.70.